The molecule has 0 unspecified atom stereocenters. The van der Waals surface area contributed by atoms with E-state index in [1.165, 1.54) is 12.3 Å². The van der Waals surface area contributed by atoms with E-state index in [1.807, 2.05) is 0 Å². The Morgan fingerprint density at radius 2 is 2.18 bits per heavy atom. The van der Waals surface area contributed by atoms with E-state index in [2.05, 4.69) is 4.98 Å². The molecule has 0 aliphatic rings. The molecule has 0 aromatic carbocycles. The van der Waals surface area contributed by atoms with Crippen molar-refractivity contribution in [3.63, 3.8) is 0 Å². The molecule has 0 bridgehead atoms. The van der Waals surface area contributed by atoms with Crippen LogP contribution >= 0.6 is 0 Å². The Hall–Kier alpha value is -1.46. The highest BCUT2D eigenvalue weighted by atomic mass is 32.1. The second-order valence-corrected chi connectivity index (χ2v) is 4.51. The molecule has 0 saturated carbocycles. The summed E-state index contributed by atoms with van der Waals surface area (Å²) in [6, 6.07) is 2.10. The summed E-state index contributed by atoms with van der Waals surface area (Å²) in [5.41, 5.74) is -0.514. The van der Waals surface area contributed by atoms with Gasteiger partial charge < -0.3 is 5.21 Å². The molecule has 8 heteroatoms. The Bertz CT molecular complexity index is 464. The number of pyridine rings is 1. The van der Waals surface area contributed by atoms with E-state index in [9.17, 15) is 18.4 Å². The first kappa shape index (κ1) is 13.6. The fourth-order valence-corrected chi connectivity index (χ4v) is 1.72. The average Bonchev–Trinajstić information content (AvgIpc) is 2.27. The maximum atomic E-state index is 12.2. The molecule has 1 aromatic rings. The van der Waals surface area contributed by atoms with E-state index >= 15 is 0 Å². The van der Waals surface area contributed by atoms with Gasteiger partial charge in [-0.25, -0.2) is 0 Å². The molecule has 0 fully saturated rings. The van der Waals surface area contributed by atoms with Crippen LogP contribution in [0.15, 0.2) is 18.3 Å². The lowest BCUT2D eigenvalue weighted by molar-refractivity contribution is -0.326. The summed E-state index contributed by atoms with van der Waals surface area (Å²) < 4.78 is 36.8. The Balaban J connectivity index is 2.93. The molecule has 0 amide bonds. The SMILES string of the molecule is C[C@@H]([SH]=[N+]([O-])C#N)c1ccc(C(F)(F)F)nc1. The van der Waals surface area contributed by atoms with Crippen molar-refractivity contribution in [2.45, 2.75) is 18.3 Å². The summed E-state index contributed by atoms with van der Waals surface area (Å²) in [6.45, 7) is 1.62. The predicted molar refractivity (Wildman–Crippen MR) is 55.7 cm³/mol. The number of hydrogen-bond acceptors (Lipinski definition) is 3. The van der Waals surface area contributed by atoms with Crippen LogP contribution in [0.4, 0.5) is 13.2 Å². The molecule has 17 heavy (non-hydrogen) atoms. The van der Waals surface area contributed by atoms with Gasteiger partial charge in [0.05, 0.1) is 5.25 Å². The van der Waals surface area contributed by atoms with Gasteiger partial charge in [0, 0.05) is 6.20 Å². The van der Waals surface area contributed by atoms with E-state index < -0.39 is 11.9 Å². The second kappa shape index (κ2) is 5.25. The van der Waals surface area contributed by atoms with Crippen molar-refractivity contribution >= 4 is 11.6 Å². The quantitative estimate of drug-likeness (QED) is 0.292. The maximum Gasteiger partial charge on any atom is 0.461 e. The van der Waals surface area contributed by atoms with Crippen molar-refractivity contribution in [2.75, 3.05) is 0 Å². The molecule has 0 spiro atoms. The molecule has 92 valence electrons. The minimum atomic E-state index is -4.48. The summed E-state index contributed by atoms with van der Waals surface area (Å²) in [7, 11) is 0. The normalized spacial score (nSPS) is 14.7. The number of thiol groups is 1. The molecule has 4 nitrogen and oxygen atoms in total. The van der Waals surface area contributed by atoms with Crippen molar-refractivity contribution < 1.29 is 17.3 Å². The molecule has 1 rings (SSSR count). The van der Waals surface area contributed by atoms with Gasteiger partial charge in [-0.05, 0) is 30.1 Å². The molecular weight excluding hydrogens is 255 g/mol. The molecule has 1 aromatic heterocycles. The number of rotatable bonds is 2. The Kier molecular flexibility index (Phi) is 4.20. The van der Waals surface area contributed by atoms with E-state index in [0.717, 1.165) is 12.3 Å². The largest absolute Gasteiger partial charge is 0.634 e. The van der Waals surface area contributed by atoms with E-state index in [-0.39, 0.29) is 20.9 Å². The van der Waals surface area contributed by atoms with Crippen LogP contribution in [0.25, 0.3) is 0 Å². The van der Waals surface area contributed by atoms with Gasteiger partial charge >= 0.3 is 12.4 Å². The third-order valence-corrected chi connectivity index (χ3v) is 2.87. The summed E-state index contributed by atoms with van der Waals surface area (Å²) in [4.78, 5) is 3.27. The number of hydroxylamine groups is 1. The lowest BCUT2D eigenvalue weighted by Gasteiger charge is -2.09. The molecule has 0 aliphatic carbocycles. The van der Waals surface area contributed by atoms with Gasteiger partial charge in [-0.15, -0.1) is 0 Å². The predicted octanol–water partition coefficient (Wildman–Crippen LogP) is 2.15. The van der Waals surface area contributed by atoms with Gasteiger partial charge in [-0.2, -0.15) is 17.3 Å². The number of nitriles is 1. The third kappa shape index (κ3) is 3.80. The first-order valence-electron chi connectivity index (χ1n) is 4.45. The van der Waals surface area contributed by atoms with Crippen LogP contribution in [-0.2, 0) is 17.7 Å². The van der Waals surface area contributed by atoms with Crippen molar-refractivity contribution in [1.29, 1.82) is 5.26 Å². The Morgan fingerprint density at radius 1 is 1.53 bits per heavy atom. The molecule has 1 atom stereocenters. The van der Waals surface area contributed by atoms with Crippen molar-refractivity contribution in [2.24, 2.45) is 0 Å². The standard InChI is InChI=1S/C9H8F3N3OS/c1-6(17-15(16)5-13)7-2-3-8(14-4-7)9(10,11)12/h2-4,6,17H,1H3/t6-/m1/s1. The fourth-order valence-electron chi connectivity index (χ4n) is 1.07. The van der Waals surface area contributed by atoms with Gasteiger partial charge in [0.15, 0.2) is 5.26 Å². The second-order valence-electron chi connectivity index (χ2n) is 3.14. The van der Waals surface area contributed by atoms with Gasteiger partial charge in [-0.3, -0.25) is 4.98 Å². The van der Waals surface area contributed by atoms with Gasteiger partial charge in [0.25, 0.3) is 0 Å². The molecule has 0 aliphatic heterocycles. The minimum absolute atomic E-state index is 0.141. The van der Waals surface area contributed by atoms with E-state index in [4.69, 9.17) is 5.26 Å². The zero-order chi connectivity index (χ0) is 13.1. The lowest BCUT2D eigenvalue weighted by Crippen LogP contribution is -2.08. The molecule has 0 radical (unpaired) electrons. The highest BCUT2D eigenvalue weighted by Crippen LogP contribution is 2.28. The number of nitrogens with zero attached hydrogens (tertiary/aromatic N) is 3. The molecular formula is C9H8F3N3OS. The van der Waals surface area contributed by atoms with Crippen LogP contribution < -0.4 is 0 Å². The maximum absolute atomic E-state index is 12.2. The topological polar surface area (TPSA) is 62.8 Å². The lowest BCUT2D eigenvalue weighted by atomic mass is 10.2. The van der Waals surface area contributed by atoms with Crippen LogP contribution in [0.3, 0.4) is 0 Å². The third-order valence-electron chi connectivity index (χ3n) is 1.92. The first-order valence-corrected chi connectivity index (χ1v) is 5.37. The number of alkyl halides is 3. The average molecular weight is 263 g/mol. The highest BCUT2D eigenvalue weighted by molar-refractivity contribution is 7.65. The Labute approximate surface area is 99.0 Å². The summed E-state index contributed by atoms with van der Waals surface area (Å²) in [6.07, 6.45) is -2.05. The zero-order valence-electron chi connectivity index (χ0n) is 8.64. The van der Waals surface area contributed by atoms with Crippen LogP contribution in [0.2, 0.25) is 0 Å². The first-order chi connectivity index (χ1) is 7.84. The van der Waals surface area contributed by atoms with E-state index in [1.54, 1.807) is 6.92 Å². The van der Waals surface area contributed by atoms with Crippen molar-refractivity contribution in [3.05, 3.63) is 34.8 Å². The summed E-state index contributed by atoms with van der Waals surface area (Å²) in [5.74, 6) is 0. The number of halogens is 3. The monoisotopic (exact) mass is 263 g/mol. The zero-order valence-corrected chi connectivity index (χ0v) is 9.53. The van der Waals surface area contributed by atoms with E-state index in [0.29, 0.717) is 5.56 Å². The van der Waals surface area contributed by atoms with Gasteiger partial charge in [0.1, 0.15) is 5.69 Å². The molecule has 0 N–H and O–H groups in total. The smallest absolute Gasteiger partial charge is 0.461 e. The molecule has 1 heterocycles. The van der Waals surface area contributed by atoms with Crippen LogP contribution in [0.1, 0.15) is 23.4 Å². The molecule has 0 saturated heterocycles. The number of aromatic nitrogens is 1. The Morgan fingerprint density at radius 3 is 2.59 bits per heavy atom. The van der Waals surface area contributed by atoms with Crippen molar-refractivity contribution in [3.8, 4) is 6.19 Å². The minimum Gasteiger partial charge on any atom is -0.634 e. The van der Waals surface area contributed by atoms with Crippen LogP contribution in [-0.4, -0.2) is 9.09 Å². The summed E-state index contributed by atoms with van der Waals surface area (Å²) in [5, 5.41) is 18.7. The van der Waals surface area contributed by atoms with Crippen LogP contribution in [0.5, 0.6) is 0 Å². The van der Waals surface area contributed by atoms with Gasteiger partial charge in [-0.1, -0.05) is 6.07 Å². The van der Waals surface area contributed by atoms with Crippen molar-refractivity contribution in [1.82, 2.24) is 4.98 Å². The van der Waals surface area contributed by atoms with Gasteiger partial charge in [0.2, 0.25) is 0 Å². The van der Waals surface area contributed by atoms with Crippen LogP contribution in [0, 0.1) is 16.7 Å². The number of hydrogen-bond donors (Lipinski definition) is 1. The summed E-state index contributed by atoms with van der Waals surface area (Å²) >= 11 is 0.149. The fraction of sp³-hybridized carbons (Fsp3) is 0.333. The highest BCUT2D eigenvalue weighted by Gasteiger charge is 2.32.